The zero-order chi connectivity index (χ0) is 14.3. The summed E-state index contributed by atoms with van der Waals surface area (Å²) in [5.74, 6) is -3.05. The maximum absolute atomic E-state index is 11.0. The molecule has 0 saturated carbocycles. The van der Waals surface area contributed by atoms with Crippen molar-refractivity contribution >= 4 is 66.4 Å². The van der Waals surface area contributed by atoms with Gasteiger partial charge in [-0.15, -0.1) is 0 Å². The van der Waals surface area contributed by atoms with Crippen LogP contribution in [0.2, 0.25) is 0 Å². The van der Waals surface area contributed by atoms with Gasteiger partial charge in [-0.25, -0.2) is 0 Å². The van der Waals surface area contributed by atoms with E-state index in [-0.39, 0.29) is 54.5 Å². The predicted octanol–water partition coefficient (Wildman–Crippen LogP) is -0.0783. The summed E-state index contributed by atoms with van der Waals surface area (Å²) in [7, 11) is 0. The number of benzene rings is 1. The van der Waals surface area contributed by atoms with Crippen LogP contribution in [0.15, 0.2) is 30.3 Å². The first-order valence-corrected chi connectivity index (χ1v) is 6.28. The van der Waals surface area contributed by atoms with Gasteiger partial charge in [0.2, 0.25) is 0 Å². The summed E-state index contributed by atoms with van der Waals surface area (Å²) in [6, 6.07) is 6.87. The van der Waals surface area contributed by atoms with E-state index in [1.807, 2.05) is 0 Å². The molecular formula is C15H16BaO4. The molecule has 1 aromatic rings. The van der Waals surface area contributed by atoms with Crippen LogP contribution in [-0.4, -0.2) is 60.8 Å². The van der Waals surface area contributed by atoms with Crippen molar-refractivity contribution in [2.24, 2.45) is 0 Å². The standard InChI is InChI=1S/C15H18O4.Ba/c1-2-3-4-7-11-8-5-6-9-12(11)13(15(18)19)10-14(16)17;/h5-6,8-10H,2-4,7H2,1H3,(H,16,17)(H,18,19);/q;+2/p-2/b13-10-;. The van der Waals surface area contributed by atoms with Gasteiger partial charge < -0.3 is 19.8 Å². The molecule has 102 valence electrons. The first kappa shape index (κ1) is 19.5. The maximum atomic E-state index is 11.0. The fourth-order valence-electron chi connectivity index (χ4n) is 1.93. The molecule has 0 atom stereocenters. The van der Waals surface area contributed by atoms with Crippen LogP contribution in [0.25, 0.3) is 5.57 Å². The van der Waals surface area contributed by atoms with Crippen molar-refractivity contribution in [3.63, 3.8) is 0 Å². The molecule has 0 N–H and O–H groups in total. The molecule has 0 radical (unpaired) electrons. The second-order valence-corrected chi connectivity index (χ2v) is 4.28. The van der Waals surface area contributed by atoms with Crippen LogP contribution in [0.5, 0.6) is 0 Å². The molecule has 1 rings (SSSR count). The number of hydrogen-bond donors (Lipinski definition) is 0. The monoisotopic (exact) mass is 398 g/mol. The average molecular weight is 398 g/mol. The van der Waals surface area contributed by atoms with Crippen LogP contribution in [0.3, 0.4) is 0 Å². The Morgan fingerprint density at radius 2 is 1.80 bits per heavy atom. The van der Waals surface area contributed by atoms with Gasteiger partial charge in [-0.3, -0.25) is 0 Å². The van der Waals surface area contributed by atoms with Gasteiger partial charge in [0.25, 0.3) is 0 Å². The van der Waals surface area contributed by atoms with E-state index in [0.29, 0.717) is 18.1 Å². The van der Waals surface area contributed by atoms with Gasteiger partial charge in [0, 0.05) is 5.57 Å². The van der Waals surface area contributed by atoms with Crippen LogP contribution >= 0.6 is 0 Å². The molecule has 0 unspecified atom stereocenters. The van der Waals surface area contributed by atoms with Gasteiger partial charge >= 0.3 is 48.9 Å². The summed E-state index contributed by atoms with van der Waals surface area (Å²) in [4.78, 5) is 21.6. The van der Waals surface area contributed by atoms with Gasteiger partial charge in [0.05, 0.1) is 11.9 Å². The molecule has 0 aliphatic heterocycles. The Bertz CT molecular complexity index is 494. The Kier molecular flexibility index (Phi) is 9.96. The number of aliphatic carboxylic acids is 2. The molecule has 0 amide bonds. The second kappa shape index (κ2) is 10.2. The van der Waals surface area contributed by atoms with Crippen molar-refractivity contribution in [2.45, 2.75) is 32.6 Å². The third kappa shape index (κ3) is 6.28. The Labute approximate surface area is 159 Å². The van der Waals surface area contributed by atoms with E-state index in [9.17, 15) is 19.8 Å². The molecule has 0 bridgehead atoms. The molecular weight excluding hydrogens is 381 g/mol. The molecule has 0 fully saturated rings. The summed E-state index contributed by atoms with van der Waals surface area (Å²) in [5, 5.41) is 21.6. The third-order valence-corrected chi connectivity index (χ3v) is 2.84. The number of carbonyl (C=O) groups is 2. The molecule has 0 spiro atoms. The molecule has 0 aromatic heterocycles. The zero-order valence-electron chi connectivity index (χ0n) is 11.6. The van der Waals surface area contributed by atoms with Crippen molar-refractivity contribution in [1.82, 2.24) is 0 Å². The Morgan fingerprint density at radius 1 is 1.15 bits per heavy atom. The molecule has 0 saturated heterocycles. The van der Waals surface area contributed by atoms with Crippen LogP contribution in [0.4, 0.5) is 0 Å². The number of carbonyl (C=O) groups excluding carboxylic acids is 2. The zero-order valence-corrected chi connectivity index (χ0v) is 16.0. The van der Waals surface area contributed by atoms with E-state index < -0.39 is 11.9 Å². The Balaban J connectivity index is 0.00000361. The van der Waals surface area contributed by atoms with E-state index in [4.69, 9.17) is 0 Å². The first-order chi connectivity index (χ1) is 9.06. The SMILES string of the molecule is CCCCCc1ccccc1/C(=C/C(=O)[O-])C(=O)[O-].[Ba+2]. The fraction of sp³-hybridized carbons (Fsp3) is 0.333. The minimum Gasteiger partial charge on any atom is -0.545 e. The van der Waals surface area contributed by atoms with Gasteiger partial charge in [-0.1, -0.05) is 44.0 Å². The van der Waals surface area contributed by atoms with Gasteiger partial charge in [-0.2, -0.15) is 0 Å². The van der Waals surface area contributed by atoms with E-state index in [1.54, 1.807) is 24.3 Å². The summed E-state index contributed by atoms with van der Waals surface area (Å²) in [6.07, 6.45) is 4.32. The molecule has 20 heavy (non-hydrogen) atoms. The third-order valence-electron chi connectivity index (χ3n) is 2.84. The minimum absolute atomic E-state index is 0. The van der Waals surface area contributed by atoms with Crippen LogP contribution in [-0.2, 0) is 16.0 Å². The van der Waals surface area contributed by atoms with Crippen molar-refractivity contribution < 1.29 is 19.8 Å². The van der Waals surface area contributed by atoms with Gasteiger partial charge in [0.15, 0.2) is 0 Å². The largest absolute Gasteiger partial charge is 2.00 e. The summed E-state index contributed by atoms with van der Waals surface area (Å²) in [5.41, 5.74) is 0.863. The average Bonchev–Trinajstić information content (AvgIpc) is 2.36. The fourth-order valence-corrected chi connectivity index (χ4v) is 1.93. The molecule has 0 aliphatic rings. The van der Waals surface area contributed by atoms with Crippen LogP contribution in [0.1, 0.15) is 37.3 Å². The number of hydrogen-bond acceptors (Lipinski definition) is 4. The van der Waals surface area contributed by atoms with E-state index >= 15 is 0 Å². The summed E-state index contributed by atoms with van der Waals surface area (Å²) < 4.78 is 0. The first-order valence-electron chi connectivity index (χ1n) is 6.28. The molecule has 5 heteroatoms. The van der Waals surface area contributed by atoms with Gasteiger partial charge in [0.1, 0.15) is 0 Å². The quantitative estimate of drug-likeness (QED) is 0.366. The number of aryl methyl sites for hydroxylation is 1. The number of rotatable bonds is 7. The van der Waals surface area contributed by atoms with Gasteiger partial charge in [-0.05, 0) is 30.0 Å². The molecule has 0 heterocycles. The second-order valence-electron chi connectivity index (χ2n) is 4.28. The summed E-state index contributed by atoms with van der Waals surface area (Å²) in [6.45, 7) is 2.08. The van der Waals surface area contributed by atoms with Crippen molar-refractivity contribution in [3.8, 4) is 0 Å². The van der Waals surface area contributed by atoms with Crippen molar-refractivity contribution in [3.05, 3.63) is 41.5 Å². The van der Waals surface area contributed by atoms with Crippen LogP contribution < -0.4 is 10.2 Å². The number of carboxylic acid groups (broad SMARTS) is 2. The molecule has 0 aliphatic carbocycles. The van der Waals surface area contributed by atoms with E-state index in [1.165, 1.54) is 0 Å². The normalized spacial score (nSPS) is 10.8. The van der Waals surface area contributed by atoms with Crippen LogP contribution in [0, 0.1) is 0 Å². The van der Waals surface area contributed by atoms with Crippen molar-refractivity contribution in [2.75, 3.05) is 0 Å². The Hall–Kier alpha value is -0.529. The molecule has 4 nitrogen and oxygen atoms in total. The maximum Gasteiger partial charge on any atom is 2.00 e. The minimum atomic E-state index is -1.54. The number of unbranched alkanes of at least 4 members (excludes halogenated alkanes) is 2. The smallest absolute Gasteiger partial charge is 0.545 e. The molecule has 1 aromatic carbocycles. The number of carboxylic acids is 2. The topological polar surface area (TPSA) is 80.3 Å². The summed E-state index contributed by atoms with van der Waals surface area (Å²) >= 11 is 0. The van der Waals surface area contributed by atoms with E-state index in [0.717, 1.165) is 24.8 Å². The Morgan fingerprint density at radius 3 is 2.35 bits per heavy atom. The predicted molar refractivity (Wildman–Crippen MR) is 73.4 cm³/mol. The van der Waals surface area contributed by atoms with E-state index in [2.05, 4.69) is 6.92 Å². The van der Waals surface area contributed by atoms with Crippen molar-refractivity contribution in [1.29, 1.82) is 0 Å².